The van der Waals surface area contributed by atoms with E-state index in [0.717, 1.165) is 5.92 Å². The molecule has 1 heterocycles. The average molecular weight is 218 g/mol. The molecule has 2 nitrogen and oxygen atoms in total. The summed E-state index contributed by atoms with van der Waals surface area (Å²) in [6.07, 6.45) is 9.63. The van der Waals surface area contributed by atoms with E-state index in [1.54, 1.807) is 6.20 Å². The van der Waals surface area contributed by atoms with Crippen LogP contribution in [0.25, 0.3) is 0 Å². The van der Waals surface area contributed by atoms with E-state index in [4.69, 9.17) is 0 Å². The summed E-state index contributed by atoms with van der Waals surface area (Å²) >= 11 is 0. The predicted octanol–water partition coefficient (Wildman–Crippen LogP) is 3.72. The summed E-state index contributed by atoms with van der Waals surface area (Å²) < 4.78 is 0. The summed E-state index contributed by atoms with van der Waals surface area (Å²) in [5.41, 5.74) is 1.53. The second-order valence-corrected chi connectivity index (χ2v) is 4.97. The summed E-state index contributed by atoms with van der Waals surface area (Å²) in [4.78, 5) is 0. The fourth-order valence-corrected chi connectivity index (χ4v) is 3.46. The van der Waals surface area contributed by atoms with Gasteiger partial charge in [-0.15, -0.1) is 0 Å². The molecule has 16 heavy (non-hydrogen) atoms. The number of hydrogen-bond donors (Lipinski definition) is 0. The van der Waals surface area contributed by atoms with Crippen LogP contribution in [0.1, 0.15) is 58.1 Å². The zero-order valence-electron chi connectivity index (χ0n) is 10.4. The van der Waals surface area contributed by atoms with E-state index in [1.165, 1.54) is 44.2 Å². The Morgan fingerprint density at radius 2 is 2.25 bits per heavy atom. The van der Waals surface area contributed by atoms with Crippen LogP contribution in [0.15, 0.2) is 18.3 Å². The van der Waals surface area contributed by atoms with Crippen LogP contribution in [-0.2, 0) is 5.41 Å². The quantitative estimate of drug-likeness (QED) is 0.772. The molecule has 0 amide bonds. The molecule has 2 unspecified atom stereocenters. The minimum absolute atomic E-state index is 0.307. The normalized spacial score (nSPS) is 30.2. The van der Waals surface area contributed by atoms with E-state index in [2.05, 4.69) is 30.1 Å². The maximum atomic E-state index is 4.39. The van der Waals surface area contributed by atoms with E-state index in [0.29, 0.717) is 5.41 Å². The van der Waals surface area contributed by atoms with Crippen molar-refractivity contribution in [2.75, 3.05) is 0 Å². The van der Waals surface area contributed by atoms with Crippen molar-refractivity contribution in [1.29, 1.82) is 0 Å². The standard InChI is InChI=1S/C14H22N2/c1-3-12-8-5-6-10-14(12,4-2)13-9-7-11-15-16-13/h7,9,11-12H,3-6,8,10H2,1-2H3. The third-order valence-corrected chi connectivity index (χ3v) is 4.41. The van der Waals surface area contributed by atoms with Crippen LogP contribution >= 0.6 is 0 Å². The van der Waals surface area contributed by atoms with E-state index < -0.39 is 0 Å². The molecule has 1 aliphatic carbocycles. The molecule has 0 radical (unpaired) electrons. The van der Waals surface area contributed by atoms with Crippen LogP contribution in [0, 0.1) is 5.92 Å². The van der Waals surface area contributed by atoms with Crippen LogP contribution in [0.2, 0.25) is 0 Å². The molecule has 0 aromatic carbocycles. The number of nitrogens with zero attached hydrogens (tertiary/aromatic N) is 2. The minimum Gasteiger partial charge on any atom is -0.159 e. The lowest BCUT2D eigenvalue weighted by Crippen LogP contribution is -2.38. The average Bonchev–Trinajstić information content (AvgIpc) is 2.39. The van der Waals surface area contributed by atoms with Gasteiger partial charge in [-0.3, -0.25) is 0 Å². The molecule has 0 N–H and O–H groups in total. The zero-order valence-corrected chi connectivity index (χ0v) is 10.4. The van der Waals surface area contributed by atoms with Crippen LogP contribution in [0.4, 0.5) is 0 Å². The topological polar surface area (TPSA) is 25.8 Å². The lowest BCUT2D eigenvalue weighted by atomic mass is 9.62. The number of rotatable bonds is 3. The first kappa shape index (κ1) is 11.6. The fourth-order valence-electron chi connectivity index (χ4n) is 3.46. The van der Waals surface area contributed by atoms with E-state index in [1.807, 2.05) is 6.07 Å². The summed E-state index contributed by atoms with van der Waals surface area (Å²) in [7, 11) is 0. The Bertz CT molecular complexity index is 323. The fraction of sp³-hybridized carbons (Fsp3) is 0.714. The summed E-state index contributed by atoms with van der Waals surface area (Å²) in [6.45, 7) is 4.62. The molecule has 0 aliphatic heterocycles. The molecule has 2 atom stereocenters. The first-order valence-corrected chi connectivity index (χ1v) is 6.61. The van der Waals surface area contributed by atoms with Crippen molar-refractivity contribution in [3.05, 3.63) is 24.0 Å². The van der Waals surface area contributed by atoms with Gasteiger partial charge in [-0.1, -0.05) is 33.1 Å². The molecule has 0 bridgehead atoms. The van der Waals surface area contributed by atoms with Crippen LogP contribution in [0.5, 0.6) is 0 Å². The highest BCUT2D eigenvalue weighted by Crippen LogP contribution is 2.46. The molecule has 88 valence electrons. The van der Waals surface area contributed by atoms with Gasteiger partial charge in [0.25, 0.3) is 0 Å². The molecule has 1 aromatic rings. The highest BCUT2D eigenvalue weighted by molar-refractivity contribution is 5.18. The van der Waals surface area contributed by atoms with Crippen molar-refractivity contribution in [2.24, 2.45) is 5.92 Å². The monoisotopic (exact) mass is 218 g/mol. The minimum atomic E-state index is 0.307. The van der Waals surface area contributed by atoms with Crippen molar-refractivity contribution in [3.63, 3.8) is 0 Å². The second-order valence-electron chi connectivity index (χ2n) is 4.97. The van der Waals surface area contributed by atoms with Crippen molar-refractivity contribution in [3.8, 4) is 0 Å². The number of hydrogen-bond acceptors (Lipinski definition) is 2. The van der Waals surface area contributed by atoms with Crippen LogP contribution in [-0.4, -0.2) is 10.2 Å². The molecule has 0 spiro atoms. The van der Waals surface area contributed by atoms with E-state index >= 15 is 0 Å². The molecule has 2 heteroatoms. The lowest BCUT2D eigenvalue weighted by Gasteiger charge is -2.43. The van der Waals surface area contributed by atoms with Crippen molar-refractivity contribution in [1.82, 2.24) is 10.2 Å². The van der Waals surface area contributed by atoms with Gasteiger partial charge in [0.05, 0.1) is 5.69 Å². The SMILES string of the molecule is CCC1CCCCC1(CC)c1cccnn1. The Kier molecular flexibility index (Phi) is 3.57. The summed E-state index contributed by atoms with van der Waals surface area (Å²) in [5.74, 6) is 0.794. The molecular weight excluding hydrogens is 196 g/mol. The smallest absolute Gasteiger partial charge is 0.0695 e. The Morgan fingerprint density at radius 3 is 2.88 bits per heavy atom. The van der Waals surface area contributed by atoms with E-state index in [9.17, 15) is 0 Å². The molecular formula is C14H22N2. The second kappa shape index (κ2) is 4.94. The lowest BCUT2D eigenvalue weighted by molar-refractivity contribution is 0.165. The van der Waals surface area contributed by atoms with Crippen LogP contribution in [0.3, 0.4) is 0 Å². The largest absolute Gasteiger partial charge is 0.159 e. The maximum absolute atomic E-state index is 4.39. The third-order valence-electron chi connectivity index (χ3n) is 4.41. The molecule has 1 fully saturated rings. The maximum Gasteiger partial charge on any atom is 0.0695 e. The molecule has 2 rings (SSSR count). The third kappa shape index (κ3) is 1.85. The van der Waals surface area contributed by atoms with Gasteiger partial charge in [-0.25, -0.2) is 0 Å². The van der Waals surface area contributed by atoms with Gasteiger partial charge in [0, 0.05) is 11.6 Å². The van der Waals surface area contributed by atoms with Gasteiger partial charge in [0.2, 0.25) is 0 Å². The summed E-state index contributed by atoms with van der Waals surface area (Å²) in [5, 5.41) is 8.47. The predicted molar refractivity (Wildman–Crippen MR) is 66.3 cm³/mol. The molecule has 0 saturated heterocycles. The van der Waals surface area contributed by atoms with Gasteiger partial charge >= 0.3 is 0 Å². The summed E-state index contributed by atoms with van der Waals surface area (Å²) in [6, 6.07) is 4.20. The number of aromatic nitrogens is 2. The molecule has 1 saturated carbocycles. The highest BCUT2D eigenvalue weighted by atomic mass is 15.1. The highest BCUT2D eigenvalue weighted by Gasteiger charge is 2.40. The van der Waals surface area contributed by atoms with Gasteiger partial charge in [0.1, 0.15) is 0 Å². The van der Waals surface area contributed by atoms with Crippen LogP contribution < -0.4 is 0 Å². The Balaban J connectivity index is 2.36. The van der Waals surface area contributed by atoms with Crippen molar-refractivity contribution >= 4 is 0 Å². The molecule has 1 aromatic heterocycles. The van der Waals surface area contributed by atoms with Gasteiger partial charge in [0.15, 0.2) is 0 Å². The van der Waals surface area contributed by atoms with Crippen molar-refractivity contribution < 1.29 is 0 Å². The Morgan fingerprint density at radius 1 is 1.38 bits per heavy atom. The van der Waals surface area contributed by atoms with Gasteiger partial charge < -0.3 is 0 Å². The first-order valence-electron chi connectivity index (χ1n) is 6.61. The Labute approximate surface area is 98.5 Å². The first-order chi connectivity index (χ1) is 7.83. The van der Waals surface area contributed by atoms with Gasteiger partial charge in [-0.2, -0.15) is 10.2 Å². The van der Waals surface area contributed by atoms with Crippen molar-refractivity contribution in [2.45, 2.75) is 57.8 Å². The van der Waals surface area contributed by atoms with E-state index in [-0.39, 0.29) is 0 Å². The molecule has 1 aliphatic rings. The Hall–Kier alpha value is -0.920. The zero-order chi connectivity index (χ0) is 11.4. The van der Waals surface area contributed by atoms with Gasteiger partial charge in [-0.05, 0) is 37.3 Å².